The molecule has 0 aliphatic rings. The molecule has 0 N–H and O–H groups in total. The van der Waals surface area contributed by atoms with E-state index >= 15 is 0 Å². The fraction of sp³-hybridized carbons (Fsp3) is 0.278. The van der Waals surface area contributed by atoms with Gasteiger partial charge in [0.05, 0.1) is 25.4 Å². The Morgan fingerprint density at radius 2 is 1.50 bits per heavy atom. The van der Waals surface area contributed by atoms with Crippen molar-refractivity contribution in [3.05, 3.63) is 71.3 Å². The minimum Gasteiger partial charge on any atom is -0.457 e. The molecule has 0 bridgehead atoms. The molecule has 2 aromatic rings. The van der Waals surface area contributed by atoms with Gasteiger partial charge in [0, 0.05) is 7.11 Å². The SMILES string of the molecule is COCCOCc1ccc(COC(=O)c2ccccc2)cc1. The first-order valence-electron chi connectivity index (χ1n) is 7.16. The van der Waals surface area contributed by atoms with E-state index in [1.54, 1.807) is 19.2 Å². The van der Waals surface area contributed by atoms with Crippen molar-refractivity contribution in [3.63, 3.8) is 0 Å². The van der Waals surface area contributed by atoms with E-state index in [1.807, 2.05) is 42.5 Å². The van der Waals surface area contributed by atoms with Crippen molar-refractivity contribution in [2.24, 2.45) is 0 Å². The maximum Gasteiger partial charge on any atom is 0.338 e. The topological polar surface area (TPSA) is 44.8 Å². The number of carbonyl (C=O) groups excluding carboxylic acids is 1. The van der Waals surface area contributed by atoms with Gasteiger partial charge in [0.25, 0.3) is 0 Å². The molecule has 2 rings (SSSR count). The maximum atomic E-state index is 11.8. The quantitative estimate of drug-likeness (QED) is 0.555. The molecule has 4 nitrogen and oxygen atoms in total. The van der Waals surface area contributed by atoms with Crippen LogP contribution < -0.4 is 0 Å². The molecule has 22 heavy (non-hydrogen) atoms. The molecule has 0 heterocycles. The van der Waals surface area contributed by atoms with Crippen LogP contribution in [0.1, 0.15) is 21.5 Å². The molecule has 0 radical (unpaired) electrons. The number of esters is 1. The fourth-order valence-electron chi connectivity index (χ4n) is 1.87. The predicted molar refractivity (Wildman–Crippen MR) is 83.5 cm³/mol. The van der Waals surface area contributed by atoms with E-state index < -0.39 is 0 Å². The van der Waals surface area contributed by atoms with Gasteiger partial charge in [-0.15, -0.1) is 0 Å². The van der Waals surface area contributed by atoms with E-state index in [2.05, 4.69) is 0 Å². The molecule has 116 valence electrons. The normalized spacial score (nSPS) is 10.4. The Kier molecular flexibility index (Phi) is 6.61. The lowest BCUT2D eigenvalue weighted by atomic mass is 10.1. The molecule has 4 heteroatoms. The van der Waals surface area contributed by atoms with Gasteiger partial charge < -0.3 is 14.2 Å². The van der Waals surface area contributed by atoms with E-state index in [9.17, 15) is 4.79 Å². The van der Waals surface area contributed by atoms with Crippen LogP contribution in [0.15, 0.2) is 54.6 Å². The van der Waals surface area contributed by atoms with Crippen molar-refractivity contribution in [1.82, 2.24) is 0 Å². The average Bonchev–Trinajstić information content (AvgIpc) is 2.58. The number of carbonyl (C=O) groups is 1. The van der Waals surface area contributed by atoms with Gasteiger partial charge >= 0.3 is 5.97 Å². The Morgan fingerprint density at radius 1 is 0.864 bits per heavy atom. The zero-order valence-corrected chi connectivity index (χ0v) is 12.7. The van der Waals surface area contributed by atoms with Crippen LogP contribution in [0.2, 0.25) is 0 Å². The van der Waals surface area contributed by atoms with Crippen LogP contribution in [-0.2, 0) is 27.4 Å². The minimum atomic E-state index is -0.312. The highest BCUT2D eigenvalue weighted by atomic mass is 16.5. The van der Waals surface area contributed by atoms with E-state index in [0.29, 0.717) is 25.4 Å². The molecule has 0 atom stereocenters. The summed E-state index contributed by atoms with van der Waals surface area (Å²) < 4.78 is 15.6. The van der Waals surface area contributed by atoms with Crippen LogP contribution >= 0.6 is 0 Å². The number of methoxy groups -OCH3 is 1. The smallest absolute Gasteiger partial charge is 0.338 e. The Hall–Kier alpha value is -2.17. The zero-order valence-electron chi connectivity index (χ0n) is 12.7. The summed E-state index contributed by atoms with van der Waals surface area (Å²) in [7, 11) is 1.65. The van der Waals surface area contributed by atoms with E-state index in [0.717, 1.165) is 11.1 Å². The molecule has 0 saturated carbocycles. The van der Waals surface area contributed by atoms with Crippen LogP contribution in [0.25, 0.3) is 0 Å². The van der Waals surface area contributed by atoms with Gasteiger partial charge in [0.15, 0.2) is 0 Å². The van der Waals surface area contributed by atoms with Crippen molar-refractivity contribution in [2.75, 3.05) is 20.3 Å². The summed E-state index contributed by atoms with van der Waals surface area (Å²) in [6.07, 6.45) is 0. The van der Waals surface area contributed by atoms with Gasteiger partial charge in [-0.2, -0.15) is 0 Å². The summed E-state index contributed by atoms with van der Waals surface area (Å²) in [5.41, 5.74) is 2.59. The minimum absolute atomic E-state index is 0.262. The van der Waals surface area contributed by atoms with Crippen LogP contribution in [0.4, 0.5) is 0 Å². The standard InChI is InChI=1S/C18H20O4/c1-20-11-12-21-13-15-7-9-16(10-8-15)14-22-18(19)17-5-3-2-4-6-17/h2-10H,11-14H2,1H3. The van der Waals surface area contributed by atoms with Crippen LogP contribution in [-0.4, -0.2) is 26.3 Å². The van der Waals surface area contributed by atoms with Crippen molar-refractivity contribution < 1.29 is 19.0 Å². The zero-order chi connectivity index (χ0) is 15.6. The molecule has 0 aliphatic heterocycles. The van der Waals surface area contributed by atoms with Gasteiger partial charge in [-0.25, -0.2) is 4.79 Å². The van der Waals surface area contributed by atoms with Crippen LogP contribution in [0.3, 0.4) is 0 Å². The predicted octanol–water partition coefficient (Wildman–Crippen LogP) is 3.21. The second kappa shape index (κ2) is 8.97. The number of benzene rings is 2. The van der Waals surface area contributed by atoms with E-state index in [4.69, 9.17) is 14.2 Å². The molecule has 0 spiro atoms. The molecule has 0 saturated heterocycles. The molecule has 2 aromatic carbocycles. The van der Waals surface area contributed by atoms with Crippen molar-refractivity contribution in [3.8, 4) is 0 Å². The first-order chi connectivity index (χ1) is 10.8. The maximum absolute atomic E-state index is 11.8. The molecule has 0 unspecified atom stereocenters. The third-order valence-corrected chi connectivity index (χ3v) is 3.10. The van der Waals surface area contributed by atoms with Crippen molar-refractivity contribution in [2.45, 2.75) is 13.2 Å². The van der Waals surface area contributed by atoms with Gasteiger partial charge in [-0.3, -0.25) is 0 Å². The summed E-state index contributed by atoms with van der Waals surface area (Å²) in [5.74, 6) is -0.312. The third-order valence-electron chi connectivity index (χ3n) is 3.10. The van der Waals surface area contributed by atoms with Crippen molar-refractivity contribution >= 4 is 5.97 Å². The first-order valence-corrected chi connectivity index (χ1v) is 7.16. The highest BCUT2D eigenvalue weighted by molar-refractivity contribution is 5.89. The van der Waals surface area contributed by atoms with Crippen LogP contribution in [0, 0.1) is 0 Å². The average molecular weight is 300 g/mol. The summed E-state index contributed by atoms with van der Waals surface area (Å²) in [5, 5.41) is 0. The van der Waals surface area contributed by atoms with Gasteiger partial charge in [-0.05, 0) is 23.3 Å². The lowest BCUT2D eigenvalue weighted by molar-refractivity contribution is 0.0472. The van der Waals surface area contributed by atoms with E-state index in [1.165, 1.54) is 0 Å². The molecule has 0 fully saturated rings. The lowest BCUT2D eigenvalue weighted by Gasteiger charge is -2.07. The van der Waals surface area contributed by atoms with Gasteiger partial charge in [0.1, 0.15) is 6.61 Å². The lowest BCUT2D eigenvalue weighted by Crippen LogP contribution is -2.05. The molecule has 0 amide bonds. The Bertz CT molecular complexity index is 563. The molecule has 0 aliphatic carbocycles. The largest absolute Gasteiger partial charge is 0.457 e. The Morgan fingerprint density at radius 3 is 2.14 bits per heavy atom. The molecule has 0 aromatic heterocycles. The number of ether oxygens (including phenoxy) is 3. The van der Waals surface area contributed by atoms with Gasteiger partial charge in [0.2, 0.25) is 0 Å². The van der Waals surface area contributed by atoms with Crippen molar-refractivity contribution in [1.29, 1.82) is 0 Å². The number of hydrogen-bond acceptors (Lipinski definition) is 4. The second-order valence-corrected chi connectivity index (χ2v) is 4.80. The second-order valence-electron chi connectivity index (χ2n) is 4.80. The highest BCUT2D eigenvalue weighted by Gasteiger charge is 2.06. The number of hydrogen-bond donors (Lipinski definition) is 0. The van der Waals surface area contributed by atoms with Gasteiger partial charge in [-0.1, -0.05) is 42.5 Å². The highest BCUT2D eigenvalue weighted by Crippen LogP contribution is 2.09. The monoisotopic (exact) mass is 300 g/mol. The fourth-order valence-corrected chi connectivity index (χ4v) is 1.87. The Labute approximate surface area is 130 Å². The summed E-state index contributed by atoms with van der Waals surface area (Å²) in [6.45, 7) is 1.98. The third kappa shape index (κ3) is 5.31. The van der Waals surface area contributed by atoms with E-state index in [-0.39, 0.29) is 12.6 Å². The summed E-state index contributed by atoms with van der Waals surface area (Å²) in [4.78, 5) is 11.8. The van der Waals surface area contributed by atoms with Crippen LogP contribution in [0.5, 0.6) is 0 Å². The summed E-state index contributed by atoms with van der Waals surface area (Å²) in [6, 6.07) is 16.8. The Balaban J connectivity index is 1.78. The molecular formula is C18H20O4. The molecular weight excluding hydrogens is 280 g/mol. The number of rotatable bonds is 8. The first kappa shape index (κ1) is 16.2. The summed E-state index contributed by atoms with van der Waals surface area (Å²) >= 11 is 0.